The zero-order valence-corrected chi connectivity index (χ0v) is 18.0. The Morgan fingerprint density at radius 1 is 1.31 bits per heavy atom. The molecule has 0 bridgehead atoms. The van der Waals surface area contributed by atoms with Crippen molar-refractivity contribution in [3.63, 3.8) is 0 Å². The second-order valence-electron chi connectivity index (χ2n) is 6.44. The molecule has 178 valence electrons. The molecule has 0 unspecified atom stereocenters. The van der Waals surface area contributed by atoms with E-state index < -0.39 is 38.7 Å². The minimum Gasteiger partial charge on any atom is -0.490 e. The number of carboxylic acids is 1. The Balaban J connectivity index is 0.000000451. The van der Waals surface area contributed by atoms with Gasteiger partial charge >= 0.3 is 12.1 Å². The number of halogens is 5. The van der Waals surface area contributed by atoms with Gasteiger partial charge in [0.15, 0.2) is 15.8 Å². The first-order valence-corrected chi connectivity index (χ1v) is 11.3. The first-order valence-electron chi connectivity index (χ1n) is 8.91. The van der Waals surface area contributed by atoms with Crippen LogP contribution >= 0.6 is 11.3 Å². The molecule has 1 aliphatic heterocycles. The lowest BCUT2D eigenvalue weighted by atomic mass is 10.1. The van der Waals surface area contributed by atoms with Crippen molar-refractivity contribution in [2.45, 2.75) is 36.9 Å². The monoisotopic (exact) mass is 503 g/mol. The number of rotatable bonds is 5. The number of anilines is 1. The van der Waals surface area contributed by atoms with E-state index in [1.54, 1.807) is 5.38 Å². The van der Waals surface area contributed by atoms with Crippen molar-refractivity contribution in [1.82, 2.24) is 10.3 Å². The number of alkyl halides is 3. The Morgan fingerprint density at radius 3 is 2.41 bits per heavy atom. The van der Waals surface area contributed by atoms with Crippen LogP contribution in [0.4, 0.5) is 27.1 Å². The number of sulfonamides is 1. The lowest BCUT2D eigenvalue weighted by molar-refractivity contribution is -0.192. The van der Waals surface area contributed by atoms with E-state index in [4.69, 9.17) is 14.6 Å². The molecule has 2 aromatic rings. The van der Waals surface area contributed by atoms with Crippen LogP contribution in [0.1, 0.15) is 18.4 Å². The number of hydrogen-bond acceptors (Lipinski definition) is 7. The fourth-order valence-corrected chi connectivity index (χ4v) is 4.56. The first kappa shape index (κ1) is 25.7. The Bertz CT molecular complexity index is 1040. The molecule has 1 aromatic carbocycles. The molecule has 0 radical (unpaired) electrons. The first-order chi connectivity index (χ1) is 14.8. The zero-order chi connectivity index (χ0) is 24.1. The Labute approximate surface area is 183 Å². The second-order valence-corrected chi connectivity index (χ2v) is 8.95. The highest BCUT2D eigenvalue weighted by molar-refractivity contribution is 7.93. The highest BCUT2D eigenvalue weighted by Crippen LogP contribution is 2.32. The topological polar surface area (TPSA) is 118 Å². The minimum absolute atomic E-state index is 0.0232. The van der Waals surface area contributed by atoms with E-state index in [-0.39, 0.29) is 22.5 Å². The van der Waals surface area contributed by atoms with Crippen molar-refractivity contribution in [2.24, 2.45) is 0 Å². The van der Waals surface area contributed by atoms with Gasteiger partial charge in [-0.3, -0.25) is 4.72 Å². The van der Waals surface area contributed by atoms with E-state index in [2.05, 4.69) is 15.0 Å². The summed E-state index contributed by atoms with van der Waals surface area (Å²) in [7, 11) is -4.43. The number of carboxylic acid groups (broad SMARTS) is 1. The number of aromatic nitrogens is 1. The third kappa shape index (κ3) is 6.74. The molecule has 3 rings (SSSR count). The fraction of sp³-hybridized carbons (Fsp3) is 0.412. The molecular weight excluding hydrogens is 485 g/mol. The number of aliphatic carboxylic acids is 1. The largest absolute Gasteiger partial charge is 0.490 e. The fourth-order valence-electron chi connectivity index (χ4n) is 2.57. The standard InChI is InChI=1S/C15H17F2N3O3S2.C2HF3O2/c1-9-12(23-10-2-4-18-5-3-10)8-11(16)14(13(9)17)25(21,22)20-15-19-6-7-24-15;3-2(4,5)1(6)7/h6-8,10,18H,2-5H2,1H3,(H,19,20);(H,6,7). The van der Waals surface area contributed by atoms with Crippen molar-refractivity contribution in [3.05, 3.63) is 34.8 Å². The van der Waals surface area contributed by atoms with Crippen molar-refractivity contribution >= 4 is 32.5 Å². The van der Waals surface area contributed by atoms with E-state index >= 15 is 0 Å². The molecule has 0 amide bonds. The van der Waals surface area contributed by atoms with Crippen molar-refractivity contribution < 1.29 is 45.0 Å². The summed E-state index contributed by atoms with van der Waals surface area (Å²) in [5.41, 5.74) is -0.0422. The SMILES string of the molecule is Cc1c(OC2CCNCC2)cc(F)c(S(=O)(=O)Nc2nccs2)c1F.O=C(O)C(F)(F)F. The van der Waals surface area contributed by atoms with Crippen molar-refractivity contribution in [1.29, 1.82) is 0 Å². The van der Waals surface area contributed by atoms with Crippen LogP contribution in [0.5, 0.6) is 5.75 Å². The van der Waals surface area contributed by atoms with Crippen LogP contribution in [0.2, 0.25) is 0 Å². The van der Waals surface area contributed by atoms with Crippen LogP contribution in [0.3, 0.4) is 0 Å². The molecule has 0 saturated carbocycles. The summed E-state index contributed by atoms with van der Waals surface area (Å²) in [6.45, 7) is 2.89. The number of benzene rings is 1. The van der Waals surface area contributed by atoms with Crippen molar-refractivity contribution in [2.75, 3.05) is 17.8 Å². The molecule has 0 aliphatic carbocycles. The maximum Gasteiger partial charge on any atom is 0.490 e. The third-order valence-corrected chi connectivity index (χ3v) is 6.31. The number of piperidine rings is 1. The average molecular weight is 503 g/mol. The van der Waals surface area contributed by atoms with Gasteiger partial charge in [0.25, 0.3) is 10.0 Å². The summed E-state index contributed by atoms with van der Waals surface area (Å²) in [5.74, 6) is -5.09. The molecule has 0 atom stereocenters. The van der Waals surface area contributed by atoms with Gasteiger partial charge in [0.1, 0.15) is 17.7 Å². The van der Waals surface area contributed by atoms with Crippen molar-refractivity contribution in [3.8, 4) is 5.75 Å². The zero-order valence-electron chi connectivity index (χ0n) is 16.4. The van der Waals surface area contributed by atoms with Gasteiger partial charge in [-0.25, -0.2) is 27.0 Å². The van der Waals surface area contributed by atoms with E-state index in [0.717, 1.165) is 30.5 Å². The number of nitrogens with zero attached hydrogens (tertiary/aromatic N) is 1. The lowest BCUT2D eigenvalue weighted by Gasteiger charge is -2.25. The van der Waals surface area contributed by atoms with E-state index in [9.17, 15) is 30.4 Å². The van der Waals surface area contributed by atoms with Crippen LogP contribution in [0, 0.1) is 18.6 Å². The molecule has 0 spiro atoms. The number of nitrogens with one attached hydrogen (secondary N) is 2. The molecule has 32 heavy (non-hydrogen) atoms. The van der Waals surface area contributed by atoms with Gasteiger partial charge in [-0.1, -0.05) is 0 Å². The molecule has 15 heteroatoms. The summed E-state index contributed by atoms with van der Waals surface area (Å²) < 4.78 is 93.2. The predicted molar refractivity (Wildman–Crippen MR) is 104 cm³/mol. The smallest absolute Gasteiger partial charge is 0.490 e. The molecule has 1 saturated heterocycles. The lowest BCUT2D eigenvalue weighted by Crippen LogP contribution is -2.34. The van der Waals surface area contributed by atoms with Crippen LogP contribution in [-0.2, 0) is 14.8 Å². The highest BCUT2D eigenvalue weighted by atomic mass is 32.2. The predicted octanol–water partition coefficient (Wildman–Crippen LogP) is 3.29. The molecule has 1 aliphatic rings. The summed E-state index contributed by atoms with van der Waals surface area (Å²) >= 11 is 1.01. The molecule has 1 fully saturated rings. The summed E-state index contributed by atoms with van der Waals surface area (Å²) in [5, 5.41) is 11.9. The molecule has 2 heterocycles. The van der Waals surface area contributed by atoms with Gasteiger partial charge in [-0.2, -0.15) is 13.2 Å². The van der Waals surface area contributed by atoms with Crippen LogP contribution < -0.4 is 14.8 Å². The van der Waals surface area contributed by atoms with Crippen LogP contribution in [0.25, 0.3) is 0 Å². The Kier molecular flexibility index (Phi) is 8.36. The highest BCUT2D eigenvalue weighted by Gasteiger charge is 2.38. The van der Waals surface area contributed by atoms with Gasteiger partial charge in [-0.15, -0.1) is 11.3 Å². The minimum atomic E-state index is -5.08. The van der Waals surface area contributed by atoms with Crippen LogP contribution in [0.15, 0.2) is 22.5 Å². The normalized spacial score (nSPS) is 14.9. The Morgan fingerprint density at radius 2 is 1.91 bits per heavy atom. The second kappa shape index (κ2) is 10.4. The maximum absolute atomic E-state index is 14.6. The third-order valence-electron chi connectivity index (χ3n) is 4.12. The average Bonchev–Trinajstić information content (AvgIpc) is 3.18. The van der Waals surface area contributed by atoms with Gasteiger partial charge in [0, 0.05) is 23.2 Å². The summed E-state index contributed by atoms with van der Waals surface area (Å²) in [6, 6.07) is 0.927. The molecule has 8 nitrogen and oxygen atoms in total. The number of carbonyl (C=O) groups is 1. The quantitative estimate of drug-likeness (QED) is 0.536. The molecule has 3 N–H and O–H groups in total. The molecule has 1 aromatic heterocycles. The van der Waals surface area contributed by atoms with Gasteiger partial charge in [0.05, 0.1) is 0 Å². The van der Waals surface area contributed by atoms with Gasteiger partial charge < -0.3 is 15.2 Å². The molecular formula is C17H18F5N3O5S2. The summed E-state index contributed by atoms with van der Waals surface area (Å²) in [4.78, 5) is 11.6. The van der Waals surface area contributed by atoms with E-state index in [1.165, 1.54) is 13.1 Å². The van der Waals surface area contributed by atoms with E-state index in [0.29, 0.717) is 12.8 Å². The summed E-state index contributed by atoms with van der Waals surface area (Å²) in [6.07, 6.45) is -2.42. The number of thiazole rings is 1. The Hall–Kier alpha value is -2.52. The number of ether oxygens (including phenoxy) is 1. The van der Waals surface area contributed by atoms with Crippen LogP contribution in [-0.4, -0.2) is 49.8 Å². The van der Waals surface area contributed by atoms with Gasteiger partial charge in [0.2, 0.25) is 0 Å². The van der Waals surface area contributed by atoms with Gasteiger partial charge in [-0.05, 0) is 32.9 Å². The number of hydrogen-bond donors (Lipinski definition) is 3. The maximum atomic E-state index is 14.6. The van der Waals surface area contributed by atoms with E-state index in [1.807, 2.05) is 0 Å².